The SMILES string of the molecule is CC(C)c1csc(CCc2ccn3c(=O)c(C4CC4CO)c(N4CCOCC4)nc3c2)n1. The van der Waals surface area contributed by atoms with Gasteiger partial charge in [0.15, 0.2) is 0 Å². The van der Waals surface area contributed by atoms with Crippen molar-refractivity contribution in [3.05, 3.63) is 55.9 Å². The summed E-state index contributed by atoms with van der Waals surface area (Å²) in [5.74, 6) is 1.48. The van der Waals surface area contributed by atoms with E-state index in [-0.39, 0.29) is 24.0 Å². The number of aliphatic hydroxyl groups is 1. The average Bonchev–Trinajstić information content (AvgIpc) is 3.42. The summed E-state index contributed by atoms with van der Waals surface area (Å²) >= 11 is 1.72. The Balaban J connectivity index is 1.46. The van der Waals surface area contributed by atoms with Crippen molar-refractivity contribution in [1.29, 1.82) is 0 Å². The molecule has 4 heterocycles. The molecule has 2 aliphatic rings. The smallest absolute Gasteiger partial charge is 0.263 e. The molecular weight excluding hydrogens is 424 g/mol. The molecule has 1 N–H and O–H groups in total. The maximum Gasteiger partial charge on any atom is 0.263 e. The highest BCUT2D eigenvalue weighted by atomic mass is 32.1. The Labute approximate surface area is 191 Å². The van der Waals surface area contributed by atoms with Crippen LogP contribution in [0.2, 0.25) is 0 Å². The molecule has 7 nitrogen and oxygen atoms in total. The number of thiazole rings is 1. The molecule has 0 radical (unpaired) electrons. The highest BCUT2D eigenvalue weighted by Gasteiger charge is 2.42. The van der Waals surface area contributed by atoms with E-state index < -0.39 is 0 Å². The van der Waals surface area contributed by atoms with Gasteiger partial charge in [0.2, 0.25) is 0 Å². The number of rotatable bonds is 7. The van der Waals surface area contributed by atoms with Crippen LogP contribution in [0.4, 0.5) is 5.82 Å². The second-order valence-electron chi connectivity index (χ2n) is 9.12. The summed E-state index contributed by atoms with van der Waals surface area (Å²) in [5.41, 5.74) is 3.73. The van der Waals surface area contributed by atoms with Crippen LogP contribution in [0.1, 0.15) is 53.9 Å². The summed E-state index contributed by atoms with van der Waals surface area (Å²) in [5, 5.41) is 12.9. The Morgan fingerprint density at radius 3 is 2.75 bits per heavy atom. The van der Waals surface area contributed by atoms with Gasteiger partial charge in [-0.3, -0.25) is 9.20 Å². The Kier molecular flexibility index (Phi) is 6.01. The lowest BCUT2D eigenvalue weighted by Crippen LogP contribution is -2.39. The van der Waals surface area contributed by atoms with Crippen molar-refractivity contribution in [1.82, 2.24) is 14.4 Å². The Morgan fingerprint density at radius 2 is 2.06 bits per heavy atom. The molecular formula is C24H30N4O3S. The Morgan fingerprint density at radius 1 is 1.25 bits per heavy atom. The van der Waals surface area contributed by atoms with Crippen molar-refractivity contribution in [2.24, 2.45) is 5.92 Å². The summed E-state index contributed by atoms with van der Waals surface area (Å²) in [6.45, 7) is 7.18. The van der Waals surface area contributed by atoms with E-state index in [1.165, 1.54) is 0 Å². The van der Waals surface area contributed by atoms with Crippen LogP contribution in [0.5, 0.6) is 0 Å². The van der Waals surface area contributed by atoms with E-state index >= 15 is 0 Å². The predicted molar refractivity (Wildman–Crippen MR) is 126 cm³/mol. The first-order chi connectivity index (χ1) is 15.5. The van der Waals surface area contributed by atoms with Crippen LogP contribution < -0.4 is 10.5 Å². The third-order valence-electron chi connectivity index (χ3n) is 6.54. The summed E-state index contributed by atoms with van der Waals surface area (Å²) in [6, 6.07) is 4.05. The molecule has 0 bridgehead atoms. The van der Waals surface area contributed by atoms with E-state index in [9.17, 15) is 9.90 Å². The normalized spacial score (nSPS) is 20.9. The van der Waals surface area contributed by atoms with Crippen LogP contribution in [-0.2, 0) is 17.6 Å². The van der Waals surface area contributed by atoms with Crippen LogP contribution in [0.25, 0.3) is 5.65 Å². The van der Waals surface area contributed by atoms with Gasteiger partial charge in [0.05, 0.1) is 29.5 Å². The van der Waals surface area contributed by atoms with Crippen molar-refractivity contribution in [3.63, 3.8) is 0 Å². The maximum atomic E-state index is 13.5. The molecule has 2 unspecified atom stereocenters. The van der Waals surface area contributed by atoms with Crippen molar-refractivity contribution < 1.29 is 9.84 Å². The van der Waals surface area contributed by atoms with Gasteiger partial charge in [-0.1, -0.05) is 13.8 Å². The maximum absolute atomic E-state index is 13.5. The summed E-state index contributed by atoms with van der Waals surface area (Å²) < 4.78 is 7.17. The van der Waals surface area contributed by atoms with Crippen LogP contribution >= 0.6 is 11.3 Å². The highest BCUT2D eigenvalue weighted by molar-refractivity contribution is 7.09. The number of nitrogens with zero attached hydrogens (tertiary/aromatic N) is 4. The minimum absolute atomic E-state index is 0.00881. The van der Waals surface area contributed by atoms with Crippen LogP contribution in [0, 0.1) is 5.92 Å². The zero-order chi connectivity index (χ0) is 22.2. The molecule has 0 spiro atoms. The predicted octanol–water partition coefficient (Wildman–Crippen LogP) is 2.99. The molecule has 1 saturated carbocycles. The lowest BCUT2D eigenvalue weighted by Gasteiger charge is -2.29. The van der Waals surface area contributed by atoms with E-state index in [0.29, 0.717) is 24.8 Å². The highest BCUT2D eigenvalue weighted by Crippen LogP contribution is 2.48. The fourth-order valence-electron chi connectivity index (χ4n) is 4.44. The van der Waals surface area contributed by atoms with Crippen LogP contribution in [0.3, 0.4) is 0 Å². The number of fused-ring (bicyclic) bond motifs is 1. The zero-order valence-electron chi connectivity index (χ0n) is 18.7. The largest absolute Gasteiger partial charge is 0.396 e. The first-order valence-corrected chi connectivity index (χ1v) is 12.4. The number of hydrogen-bond acceptors (Lipinski definition) is 7. The Bertz CT molecular complexity index is 1170. The molecule has 1 aliphatic carbocycles. The molecule has 3 aromatic rings. The topological polar surface area (TPSA) is 80.0 Å². The standard InChI is InChI=1S/C24H30N4O3S/c1-15(2)19-14-32-21(25-19)4-3-16-5-6-28-20(11-16)26-23(27-7-9-31-10-8-27)22(24(28)30)18-12-17(18)13-29/h5-6,11,14-15,17-18,29H,3-4,7-10,12-13H2,1-2H3. The average molecular weight is 455 g/mol. The molecule has 5 rings (SSSR count). The van der Waals surface area contributed by atoms with Gasteiger partial charge in [-0.05, 0) is 48.3 Å². The molecule has 1 saturated heterocycles. The third-order valence-corrected chi connectivity index (χ3v) is 7.46. The van der Waals surface area contributed by atoms with Gasteiger partial charge in [0, 0.05) is 37.7 Å². The molecule has 2 atom stereocenters. The third kappa shape index (κ3) is 4.19. The molecule has 0 amide bonds. The van der Waals surface area contributed by atoms with Gasteiger partial charge in [-0.15, -0.1) is 11.3 Å². The summed E-state index contributed by atoms with van der Waals surface area (Å²) in [6.07, 6.45) is 4.44. The van der Waals surface area contributed by atoms with Gasteiger partial charge in [-0.25, -0.2) is 9.97 Å². The molecule has 8 heteroatoms. The quantitative estimate of drug-likeness (QED) is 0.591. The van der Waals surface area contributed by atoms with Gasteiger partial charge in [-0.2, -0.15) is 0 Å². The fourth-order valence-corrected chi connectivity index (χ4v) is 5.40. The number of hydrogen-bond donors (Lipinski definition) is 1. The van der Waals surface area contributed by atoms with E-state index in [1.807, 2.05) is 18.3 Å². The number of morpholine rings is 1. The van der Waals surface area contributed by atoms with E-state index in [0.717, 1.165) is 60.0 Å². The van der Waals surface area contributed by atoms with E-state index in [1.54, 1.807) is 15.7 Å². The monoisotopic (exact) mass is 454 g/mol. The summed E-state index contributed by atoms with van der Waals surface area (Å²) in [4.78, 5) is 25.3. The van der Waals surface area contributed by atoms with Gasteiger partial charge < -0.3 is 14.7 Å². The first-order valence-electron chi connectivity index (χ1n) is 11.5. The molecule has 2 fully saturated rings. The van der Waals surface area contributed by atoms with Crippen molar-refractivity contribution in [3.8, 4) is 0 Å². The zero-order valence-corrected chi connectivity index (χ0v) is 19.5. The Hall–Kier alpha value is -2.29. The minimum Gasteiger partial charge on any atom is -0.396 e. The molecule has 170 valence electrons. The fraction of sp³-hybridized carbons (Fsp3) is 0.542. The first kappa shape index (κ1) is 21.6. The molecule has 3 aromatic heterocycles. The van der Waals surface area contributed by atoms with Crippen LogP contribution in [-0.4, -0.2) is 52.4 Å². The van der Waals surface area contributed by atoms with Crippen molar-refractivity contribution >= 4 is 22.8 Å². The van der Waals surface area contributed by atoms with Crippen LogP contribution in [0.15, 0.2) is 28.5 Å². The summed E-state index contributed by atoms with van der Waals surface area (Å²) in [7, 11) is 0. The molecule has 0 aromatic carbocycles. The number of pyridine rings is 1. The number of anilines is 1. The lowest BCUT2D eigenvalue weighted by atomic mass is 10.1. The number of ether oxygens (including phenoxy) is 1. The second-order valence-corrected chi connectivity index (χ2v) is 10.1. The van der Waals surface area contributed by atoms with Crippen molar-refractivity contribution in [2.75, 3.05) is 37.8 Å². The number of aromatic nitrogens is 3. The second kappa shape index (κ2) is 8.92. The number of aryl methyl sites for hydroxylation is 2. The van der Waals surface area contributed by atoms with Gasteiger partial charge in [0.1, 0.15) is 11.5 Å². The minimum atomic E-state index is -0.00881. The lowest BCUT2D eigenvalue weighted by molar-refractivity contribution is 0.122. The molecule has 32 heavy (non-hydrogen) atoms. The van der Waals surface area contributed by atoms with E-state index in [4.69, 9.17) is 14.7 Å². The van der Waals surface area contributed by atoms with Gasteiger partial charge >= 0.3 is 0 Å². The van der Waals surface area contributed by atoms with Gasteiger partial charge in [0.25, 0.3) is 5.56 Å². The molecule has 1 aliphatic heterocycles. The van der Waals surface area contributed by atoms with Crippen molar-refractivity contribution in [2.45, 2.75) is 44.9 Å². The van der Waals surface area contributed by atoms with E-state index in [2.05, 4.69) is 24.1 Å². The number of aliphatic hydroxyl groups excluding tert-OH is 1.